The summed E-state index contributed by atoms with van der Waals surface area (Å²) in [5.41, 5.74) is 2.36. The molecule has 0 N–H and O–H groups in total. The monoisotopic (exact) mass is 429 g/mol. The summed E-state index contributed by atoms with van der Waals surface area (Å²) in [6.45, 7) is 8.00. The molecule has 0 aromatic heterocycles. The maximum absolute atomic E-state index is 14.0. The molecule has 1 amide bonds. The molecule has 1 aliphatic heterocycles. The minimum Gasteiger partial charge on any atom is -0.268 e. The van der Waals surface area contributed by atoms with Gasteiger partial charge in [0.15, 0.2) is 0 Å². The maximum Gasteiger partial charge on any atom is 0.269 e. The van der Waals surface area contributed by atoms with Gasteiger partial charge in [-0.3, -0.25) is 4.79 Å². The van der Waals surface area contributed by atoms with Gasteiger partial charge in [-0.25, -0.2) is 12.7 Å². The van der Waals surface area contributed by atoms with Gasteiger partial charge in [0, 0.05) is 11.0 Å². The van der Waals surface area contributed by atoms with E-state index in [9.17, 15) is 13.2 Å². The van der Waals surface area contributed by atoms with E-state index in [2.05, 4.69) is 13.5 Å². The van der Waals surface area contributed by atoms with Crippen LogP contribution in [0.2, 0.25) is 0 Å². The second-order valence-corrected chi connectivity index (χ2v) is 10.4. The van der Waals surface area contributed by atoms with Crippen molar-refractivity contribution in [3.63, 3.8) is 0 Å². The summed E-state index contributed by atoms with van der Waals surface area (Å²) in [4.78, 5) is 13.8. The van der Waals surface area contributed by atoms with Gasteiger partial charge < -0.3 is 0 Å². The van der Waals surface area contributed by atoms with Gasteiger partial charge in [-0.2, -0.15) is 0 Å². The number of carbonyl (C=O) groups excluding carboxylic acids is 1. The van der Waals surface area contributed by atoms with Crippen LogP contribution < -0.4 is 0 Å². The third-order valence-corrected chi connectivity index (χ3v) is 8.58. The van der Waals surface area contributed by atoms with Crippen molar-refractivity contribution < 1.29 is 13.2 Å². The highest BCUT2D eigenvalue weighted by atomic mass is 32.2. The summed E-state index contributed by atoms with van der Waals surface area (Å²) in [5, 5.41) is 0. The molecule has 156 valence electrons. The van der Waals surface area contributed by atoms with E-state index in [1.54, 1.807) is 36.4 Å². The number of sulfonamides is 1. The lowest BCUT2D eigenvalue weighted by atomic mass is 9.80. The van der Waals surface area contributed by atoms with Crippen LogP contribution in [0.4, 0.5) is 0 Å². The Kier molecular flexibility index (Phi) is 4.09. The average molecular weight is 430 g/mol. The number of fused-ring (bicyclic) bond motifs is 4. The Morgan fingerprint density at radius 1 is 0.903 bits per heavy atom. The summed E-state index contributed by atoms with van der Waals surface area (Å²) < 4.78 is 29.1. The Bertz CT molecular complexity index is 1340. The molecule has 0 saturated carbocycles. The molecule has 0 saturated heterocycles. The second-order valence-electron chi connectivity index (χ2n) is 8.64. The standard InChI is InChI=1S/C26H23NO3S/c1-4-25(3)17-26(23-12-8-7-11-22(23)25)21-10-6-5-9-20(21)24(28)27(26)31(29,30)19-15-13-18(2)14-16-19/h4-16H,1,17H2,2-3H3/t25-,26-/m0/s1. The minimum absolute atomic E-state index is 0.114. The van der Waals surface area contributed by atoms with E-state index in [0.29, 0.717) is 12.0 Å². The number of nitrogens with zero attached hydrogens (tertiary/aromatic N) is 1. The Morgan fingerprint density at radius 2 is 1.48 bits per heavy atom. The molecule has 0 fully saturated rings. The average Bonchev–Trinajstić information content (AvgIpc) is 3.19. The SMILES string of the molecule is C=C[C@@]1(C)C[C@]2(c3ccccc3C(=O)N2S(=O)(=O)c2ccc(C)cc2)c2ccccc21. The highest BCUT2D eigenvalue weighted by Gasteiger charge is 2.62. The van der Waals surface area contributed by atoms with Crippen molar-refractivity contribution in [1.29, 1.82) is 0 Å². The Labute approximate surface area is 182 Å². The zero-order chi connectivity index (χ0) is 22.0. The summed E-state index contributed by atoms with van der Waals surface area (Å²) in [7, 11) is -4.12. The van der Waals surface area contributed by atoms with E-state index >= 15 is 0 Å². The quantitative estimate of drug-likeness (QED) is 0.555. The molecule has 1 heterocycles. The topological polar surface area (TPSA) is 54.5 Å². The molecule has 5 rings (SSSR count). The predicted molar refractivity (Wildman–Crippen MR) is 120 cm³/mol. The first-order valence-corrected chi connectivity index (χ1v) is 11.7. The normalized spacial score (nSPS) is 24.3. The Balaban J connectivity index is 1.86. The number of aryl methyl sites for hydroxylation is 1. The van der Waals surface area contributed by atoms with Crippen LogP contribution in [0.1, 0.15) is 46.0 Å². The lowest BCUT2D eigenvalue weighted by molar-refractivity contribution is 0.0799. The number of amides is 1. The van der Waals surface area contributed by atoms with Crippen LogP contribution >= 0.6 is 0 Å². The van der Waals surface area contributed by atoms with Gasteiger partial charge in [0.1, 0.15) is 5.54 Å². The van der Waals surface area contributed by atoms with Crippen LogP contribution in [0.3, 0.4) is 0 Å². The molecule has 1 aliphatic carbocycles. The highest BCUT2D eigenvalue weighted by Crippen LogP contribution is 2.59. The van der Waals surface area contributed by atoms with Crippen molar-refractivity contribution >= 4 is 15.9 Å². The second kappa shape index (κ2) is 6.41. The van der Waals surface area contributed by atoms with Crippen molar-refractivity contribution in [1.82, 2.24) is 4.31 Å². The van der Waals surface area contributed by atoms with Crippen molar-refractivity contribution in [2.24, 2.45) is 0 Å². The molecule has 2 atom stereocenters. The smallest absolute Gasteiger partial charge is 0.268 e. The van der Waals surface area contributed by atoms with Gasteiger partial charge in [0.05, 0.1) is 4.90 Å². The van der Waals surface area contributed by atoms with E-state index in [-0.39, 0.29) is 4.90 Å². The fraction of sp³-hybridized carbons (Fsp3) is 0.192. The summed E-state index contributed by atoms with van der Waals surface area (Å²) >= 11 is 0. The van der Waals surface area contributed by atoms with E-state index in [4.69, 9.17) is 0 Å². The minimum atomic E-state index is -4.12. The van der Waals surface area contributed by atoms with Crippen LogP contribution in [0.5, 0.6) is 0 Å². The molecule has 5 heteroatoms. The van der Waals surface area contributed by atoms with Crippen molar-refractivity contribution in [3.05, 3.63) is 113 Å². The van der Waals surface area contributed by atoms with Crippen LogP contribution in [-0.2, 0) is 21.0 Å². The molecule has 3 aromatic carbocycles. The predicted octanol–water partition coefficient (Wildman–Crippen LogP) is 4.93. The number of benzene rings is 3. The molecule has 31 heavy (non-hydrogen) atoms. The van der Waals surface area contributed by atoms with Gasteiger partial charge in [-0.15, -0.1) is 6.58 Å². The molecule has 1 spiro atoms. The number of hydrogen-bond acceptors (Lipinski definition) is 3. The van der Waals surface area contributed by atoms with Gasteiger partial charge in [-0.05, 0) is 48.2 Å². The van der Waals surface area contributed by atoms with E-state index < -0.39 is 26.9 Å². The zero-order valence-corrected chi connectivity index (χ0v) is 18.3. The van der Waals surface area contributed by atoms with Crippen LogP contribution in [0, 0.1) is 6.92 Å². The van der Waals surface area contributed by atoms with Crippen molar-refractivity contribution in [3.8, 4) is 0 Å². The first kappa shape index (κ1) is 19.8. The third-order valence-electron chi connectivity index (χ3n) is 6.75. The van der Waals surface area contributed by atoms with Gasteiger partial charge in [0.25, 0.3) is 15.9 Å². The van der Waals surface area contributed by atoms with E-state index in [0.717, 1.165) is 26.6 Å². The fourth-order valence-corrected chi connectivity index (χ4v) is 6.90. The zero-order valence-electron chi connectivity index (χ0n) is 17.5. The summed E-state index contributed by atoms with van der Waals surface area (Å²) in [5.74, 6) is -0.487. The maximum atomic E-state index is 14.0. The highest BCUT2D eigenvalue weighted by molar-refractivity contribution is 7.89. The first-order chi connectivity index (χ1) is 14.8. The Hall–Kier alpha value is -3.18. The molecule has 0 bridgehead atoms. The fourth-order valence-electron chi connectivity index (χ4n) is 5.22. The molecule has 0 unspecified atom stereocenters. The lowest BCUT2D eigenvalue weighted by Gasteiger charge is -2.37. The van der Waals surface area contributed by atoms with E-state index in [1.165, 1.54) is 0 Å². The molecular formula is C26H23NO3S. The summed E-state index contributed by atoms with van der Waals surface area (Å²) in [6, 6.07) is 21.7. The number of carbonyl (C=O) groups is 1. The molecule has 0 radical (unpaired) electrons. The number of allylic oxidation sites excluding steroid dienone is 1. The van der Waals surface area contributed by atoms with Crippen LogP contribution in [0.15, 0.2) is 90.3 Å². The number of hydrogen-bond donors (Lipinski definition) is 0. The third kappa shape index (κ3) is 2.47. The van der Waals surface area contributed by atoms with Gasteiger partial charge in [0.2, 0.25) is 0 Å². The van der Waals surface area contributed by atoms with Crippen molar-refractivity contribution in [2.75, 3.05) is 0 Å². The van der Waals surface area contributed by atoms with Crippen LogP contribution in [-0.4, -0.2) is 18.6 Å². The van der Waals surface area contributed by atoms with Gasteiger partial charge in [-0.1, -0.05) is 73.2 Å². The molecule has 2 aliphatic rings. The van der Waals surface area contributed by atoms with Gasteiger partial charge >= 0.3 is 0 Å². The van der Waals surface area contributed by atoms with E-state index in [1.807, 2.05) is 49.4 Å². The summed E-state index contributed by atoms with van der Waals surface area (Å²) in [6.07, 6.45) is 2.28. The molecule has 3 aromatic rings. The first-order valence-electron chi connectivity index (χ1n) is 10.3. The molecule has 4 nitrogen and oxygen atoms in total. The van der Waals surface area contributed by atoms with Crippen LogP contribution in [0.25, 0.3) is 0 Å². The molecular weight excluding hydrogens is 406 g/mol. The van der Waals surface area contributed by atoms with Crippen molar-refractivity contribution in [2.45, 2.75) is 36.1 Å². The lowest BCUT2D eigenvalue weighted by Crippen LogP contribution is -2.47. The Morgan fingerprint density at radius 3 is 2.13 bits per heavy atom. The largest absolute Gasteiger partial charge is 0.269 e. The number of rotatable bonds is 3.